The molecule has 0 aliphatic rings. The van der Waals surface area contributed by atoms with Crippen LogP contribution < -0.4 is 9.62 Å². The summed E-state index contributed by atoms with van der Waals surface area (Å²) in [6.45, 7) is -0.521. The molecule has 3 aromatic carbocycles. The van der Waals surface area contributed by atoms with Gasteiger partial charge in [-0.25, -0.2) is 12.8 Å². The van der Waals surface area contributed by atoms with E-state index in [9.17, 15) is 17.6 Å². The predicted molar refractivity (Wildman–Crippen MR) is 112 cm³/mol. The number of nitrogens with zero attached hydrogens (tertiary/aromatic N) is 1. The summed E-state index contributed by atoms with van der Waals surface area (Å²) in [4.78, 5) is 12.6. The maximum absolute atomic E-state index is 13.2. The number of anilines is 2. The number of carbonyl (C=O) groups excluding carboxylic acids is 1. The fraction of sp³-hybridized carbons (Fsp3) is 0.0500. The van der Waals surface area contributed by atoms with Crippen molar-refractivity contribution in [1.82, 2.24) is 0 Å². The van der Waals surface area contributed by atoms with Gasteiger partial charge in [0.15, 0.2) is 0 Å². The smallest absolute Gasteiger partial charge is 0.264 e. The van der Waals surface area contributed by atoms with E-state index in [1.54, 1.807) is 18.2 Å². The first kappa shape index (κ1) is 21.1. The van der Waals surface area contributed by atoms with Gasteiger partial charge in [-0.2, -0.15) is 0 Å². The lowest BCUT2D eigenvalue weighted by atomic mass is 10.3. The molecular formula is C20H15Cl2FN2O3S. The van der Waals surface area contributed by atoms with Crippen LogP contribution in [0.5, 0.6) is 0 Å². The molecule has 3 rings (SSSR count). The van der Waals surface area contributed by atoms with Crippen LogP contribution in [-0.4, -0.2) is 20.9 Å². The van der Waals surface area contributed by atoms with E-state index < -0.39 is 28.3 Å². The third-order valence-electron chi connectivity index (χ3n) is 3.94. The monoisotopic (exact) mass is 452 g/mol. The zero-order chi connectivity index (χ0) is 21.0. The summed E-state index contributed by atoms with van der Waals surface area (Å²) in [6.07, 6.45) is 0. The Balaban J connectivity index is 1.95. The minimum atomic E-state index is -4.07. The molecule has 1 N–H and O–H groups in total. The summed E-state index contributed by atoms with van der Waals surface area (Å²) in [5, 5.41) is 2.95. The molecule has 1 amide bonds. The first-order valence-corrected chi connectivity index (χ1v) is 10.6. The van der Waals surface area contributed by atoms with E-state index in [0.717, 1.165) is 4.31 Å². The van der Waals surface area contributed by atoms with Crippen molar-refractivity contribution in [2.24, 2.45) is 0 Å². The molecule has 0 atom stereocenters. The molecule has 29 heavy (non-hydrogen) atoms. The van der Waals surface area contributed by atoms with Crippen LogP contribution in [0.15, 0.2) is 77.7 Å². The standard InChI is InChI=1S/C20H15Cl2FN2O3S/c21-18-11-10-16(12-19(18)22)25(29(27,28)17-4-2-1-3-5-17)13-20(26)24-15-8-6-14(23)7-9-15/h1-12H,13H2,(H,24,26). The van der Waals surface area contributed by atoms with E-state index in [-0.39, 0.29) is 20.6 Å². The number of hydrogen-bond acceptors (Lipinski definition) is 3. The van der Waals surface area contributed by atoms with E-state index in [1.165, 1.54) is 54.6 Å². The highest BCUT2D eigenvalue weighted by Crippen LogP contribution is 2.30. The second-order valence-corrected chi connectivity index (χ2v) is 8.65. The highest BCUT2D eigenvalue weighted by Gasteiger charge is 2.27. The first-order valence-electron chi connectivity index (χ1n) is 8.35. The number of carbonyl (C=O) groups is 1. The fourth-order valence-electron chi connectivity index (χ4n) is 2.54. The lowest BCUT2D eigenvalue weighted by molar-refractivity contribution is -0.114. The summed E-state index contributed by atoms with van der Waals surface area (Å²) in [5.74, 6) is -1.06. The first-order chi connectivity index (χ1) is 13.8. The average Bonchev–Trinajstić information content (AvgIpc) is 2.71. The Labute approximate surface area is 177 Å². The number of amides is 1. The summed E-state index contributed by atoms with van der Waals surface area (Å²) < 4.78 is 40.3. The molecule has 0 spiro atoms. The Morgan fingerprint density at radius 1 is 0.931 bits per heavy atom. The van der Waals surface area contributed by atoms with Gasteiger partial charge in [0.2, 0.25) is 5.91 Å². The Morgan fingerprint density at radius 2 is 1.59 bits per heavy atom. The summed E-state index contributed by atoms with van der Waals surface area (Å²) in [7, 11) is -4.07. The summed E-state index contributed by atoms with van der Waals surface area (Å²) >= 11 is 12.0. The minimum Gasteiger partial charge on any atom is -0.325 e. The van der Waals surface area contributed by atoms with Crippen LogP contribution in [0.4, 0.5) is 15.8 Å². The summed E-state index contributed by atoms with van der Waals surface area (Å²) in [5.41, 5.74) is 0.514. The normalized spacial score (nSPS) is 11.1. The Morgan fingerprint density at radius 3 is 2.21 bits per heavy atom. The topological polar surface area (TPSA) is 66.5 Å². The van der Waals surface area contributed by atoms with Crippen LogP contribution in [-0.2, 0) is 14.8 Å². The van der Waals surface area contributed by atoms with Crippen molar-refractivity contribution in [2.75, 3.05) is 16.2 Å². The van der Waals surface area contributed by atoms with Gasteiger partial charge in [0.05, 0.1) is 20.6 Å². The molecular weight excluding hydrogens is 438 g/mol. The van der Waals surface area contributed by atoms with Crippen molar-refractivity contribution in [1.29, 1.82) is 0 Å². The molecule has 0 fully saturated rings. The van der Waals surface area contributed by atoms with Crippen molar-refractivity contribution in [2.45, 2.75) is 4.90 Å². The number of sulfonamides is 1. The number of nitrogens with one attached hydrogen (secondary N) is 1. The Bertz CT molecular complexity index is 1120. The number of rotatable bonds is 6. The van der Waals surface area contributed by atoms with Crippen LogP contribution >= 0.6 is 23.2 Å². The van der Waals surface area contributed by atoms with Crippen molar-refractivity contribution < 1.29 is 17.6 Å². The molecule has 0 saturated carbocycles. The quantitative estimate of drug-likeness (QED) is 0.574. The molecule has 0 aliphatic carbocycles. The van der Waals surface area contributed by atoms with Crippen molar-refractivity contribution >= 4 is 50.5 Å². The molecule has 0 aliphatic heterocycles. The van der Waals surface area contributed by atoms with Gasteiger partial charge in [-0.15, -0.1) is 0 Å². The van der Waals surface area contributed by atoms with E-state index in [1.807, 2.05) is 0 Å². The molecule has 0 aromatic heterocycles. The second-order valence-electron chi connectivity index (χ2n) is 5.98. The van der Waals surface area contributed by atoms with Gasteiger partial charge in [-0.3, -0.25) is 9.10 Å². The molecule has 0 radical (unpaired) electrons. The molecule has 3 aromatic rings. The van der Waals surface area contributed by atoms with Crippen LogP contribution in [0.25, 0.3) is 0 Å². The fourth-order valence-corrected chi connectivity index (χ4v) is 4.27. The molecule has 150 valence electrons. The van der Waals surface area contributed by atoms with Crippen LogP contribution in [0.1, 0.15) is 0 Å². The van der Waals surface area contributed by atoms with Crippen LogP contribution in [0, 0.1) is 5.82 Å². The van der Waals surface area contributed by atoms with Crippen molar-refractivity contribution in [3.05, 3.63) is 88.7 Å². The number of benzene rings is 3. The molecule has 0 saturated heterocycles. The molecule has 0 unspecified atom stereocenters. The third kappa shape index (κ3) is 5.06. The van der Waals surface area contributed by atoms with Gasteiger partial charge < -0.3 is 5.32 Å². The highest BCUT2D eigenvalue weighted by atomic mass is 35.5. The third-order valence-corrected chi connectivity index (χ3v) is 6.46. The largest absolute Gasteiger partial charge is 0.325 e. The Kier molecular flexibility index (Phi) is 6.42. The van der Waals surface area contributed by atoms with E-state index in [4.69, 9.17) is 23.2 Å². The van der Waals surface area contributed by atoms with Crippen LogP contribution in [0.2, 0.25) is 10.0 Å². The van der Waals surface area contributed by atoms with Gasteiger partial charge in [-0.1, -0.05) is 41.4 Å². The molecule has 0 heterocycles. The van der Waals surface area contributed by atoms with Crippen molar-refractivity contribution in [3.8, 4) is 0 Å². The maximum Gasteiger partial charge on any atom is 0.264 e. The van der Waals surface area contributed by atoms with E-state index >= 15 is 0 Å². The zero-order valence-corrected chi connectivity index (χ0v) is 17.2. The van der Waals surface area contributed by atoms with Crippen molar-refractivity contribution in [3.63, 3.8) is 0 Å². The lowest BCUT2D eigenvalue weighted by Crippen LogP contribution is -2.38. The molecule has 5 nitrogen and oxygen atoms in total. The van der Waals surface area contributed by atoms with Gasteiger partial charge >= 0.3 is 0 Å². The average molecular weight is 453 g/mol. The number of hydrogen-bond donors (Lipinski definition) is 1. The van der Waals surface area contributed by atoms with Gasteiger partial charge in [-0.05, 0) is 54.6 Å². The summed E-state index contributed by atoms with van der Waals surface area (Å²) in [6, 6.07) is 17.1. The van der Waals surface area contributed by atoms with Gasteiger partial charge in [0.1, 0.15) is 12.4 Å². The molecule has 9 heteroatoms. The van der Waals surface area contributed by atoms with E-state index in [2.05, 4.69) is 5.32 Å². The number of halogens is 3. The highest BCUT2D eigenvalue weighted by molar-refractivity contribution is 7.92. The maximum atomic E-state index is 13.2. The SMILES string of the molecule is O=C(CN(c1ccc(Cl)c(Cl)c1)S(=O)(=O)c1ccccc1)Nc1ccc(F)cc1. The van der Waals surface area contributed by atoms with Gasteiger partial charge in [0, 0.05) is 5.69 Å². The Hall–Kier alpha value is -2.61. The zero-order valence-electron chi connectivity index (χ0n) is 14.8. The second kappa shape index (κ2) is 8.82. The predicted octanol–water partition coefficient (Wildman–Crippen LogP) is 4.97. The van der Waals surface area contributed by atoms with Gasteiger partial charge in [0.25, 0.3) is 10.0 Å². The van der Waals surface area contributed by atoms with Crippen LogP contribution in [0.3, 0.4) is 0 Å². The lowest BCUT2D eigenvalue weighted by Gasteiger charge is -2.24. The molecule has 0 bridgehead atoms. The minimum absolute atomic E-state index is 0.0145. The van der Waals surface area contributed by atoms with E-state index in [0.29, 0.717) is 5.69 Å².